The van der Waals surface area contributed by atoms with Gasteiger partial charge in [0.15, 0.2) is 5.78 Å². The highest BCUT2D eigenvalue weighted by atomic mass is 16.5. The third-order valence-electron chi connectivity index (χ3n) is 5.54. The number of nitriles is 1. The number of nitrogens with zero attached hydrogens (tertiary/aromatic N) is 3. The molecule has 0 amide bonds. The molecule has 1 fully saturated rings. The zero-order valence-corrected chi connectivity index (χ0v) is 16.9. The lowest BCUT2D eigenvalue weighted by Crippen LogP contribution is -2.35. The van der Waals surface area contributed by atoms with Crippen molar-refractivity contribution >= 4 is 12.1 Å². The summed E-state index contributed by atoms with van der Waals surface area (Å²) in [6.45, 7) is 6.94. The number of ketones is 1. The van der Waals surface area contributed by atoms with Crippen LogP contribution >= 0.6 is 0 Å². The molecule has 0 radical (unpaired) electrons. The van der Waals surface area contributed by atoms with Crippen LogP contribution in [0.3, 0.4) is 0 Å². The lowest BCUT2D eigenvalue weighted by Gasteiger charge is -2.37. The largest absolute Gasteiger partial charge is 0.442 e. The molecule has 4 rings (SSSR count). The minimum absolute atomic E-state index is 0.0501. The first-order valence-electron chi connectivity index (χ1n) is 9.98. The molecule has 0 saturated carbocycles. The first kappa shape index (κ1) is 19.4. The maximum absolute atomic E-state index is 13.1. The molecule has 6 heteroatoms. The van der Waals surface area contributed by atoms with Gasteiger partial charge in [-0.25, -0.2) is 4.99 Å². The summed E-state index contributed by atoms with van der Waals surface area (Å²) in [7, 11) is 0. The van der Waals surface area contributed by atoms with Gasteiger partial charge in [-0.3, -0.25) is 4.79 Å². The number of Topliss-reactive ketones (excluding diaryl/α,β-unsaturated/α-hetero) is 1. The maximum atomic E-state index is 13.1. The van der Waals surface area contributed by atoms with Gasteiger partial charge in [0.1, 0.15) is 17.4 Å². The second kappa shape index (κ2) is 7.84. The number of ether oxygens (including phenoxy) is 2. The van der Waals surface area contributed by atoms with E-state index in [9.17, 15) is 10.1 Å². The van der Waals surface area contributed by atoms with Crippen LogP contribution in [0.4, 0.5) is 0 Å². The molecule has 0 aromatic heterocycles. The molecule has 6 nitrogen and oxygen atoms in total. The summed E-state index contributed by atoms with van der Waals surface area (Å²) in [5, 5.41) is 9.98. The molecule has 2 heterocycles. The molecule has 1 aliphatic carbocycles. The SMILES string of the molecule is CC1(C)CC(=O)C2=C(C1)OC(N=CN1CCOCC1)=C(C#N)[C@H]2c1ccccc1. The fraction of sp³-hybridized carbons (Fsp3) is 0.435. The standard InChI is InChI=1S/C23H25N3O3/c1-23(2)12-18(27)21-19(13-23)29-22(25-15-26-8-10-28-11-9-26)17(14-24)20(21)16-6-4-3-5-7-16/h3-7,15,20H,8-13H2,1-2H3/t20-/m1/s1. The topological polar surface area (TPSA) is 74.9 Å². The van der Waals surface area contributed by atoms with Crippen LogP contribution in [0, 0.1) is 16.7 Å². The summed E-state index contributed by atoms with van der Waals surface area (Å²) in [4.78, 5) is 19.7. The van der Waals surface area contributed by atoms with Gasteiger partial charge >= 0.3 is 0 Å². The number of morpholine rings is 1. The molecular formula is C23H25N3O3. The smallest absolute Gasteiger partial charge is 0.235 e. The van der Waals surface area contributed by atoms with Gasteiger partial charge < -0.3 is 14.4 Å². The van der Waals surface area contributed by atoms with Crippen molar-refractivity contribution in [2.75, 3.05) is 26.3 Å². The van der Waals surface area contributed by atoms with E-state index in [1.54, 1.807) is 6.34 Å². The second-order valence-electron chi connectivity index (χ2n) is 8.45. The molecule has 0 N–H and O–H groups in total. The Hall–Kier alpha value is -2.91. The van der Waals surface area contributed by atoms with E-state index < -0.39 is 5.92 Å². The Morgan fingerprint density at radius 2 is 1.93 bits per heavy atom. The summed E-state index contributed by atoms with van der Waals surface area (Å²) in [5.41, 5.74) is 1.72. The van der Waals surface area contributed by atoms with Gasteiger partial charge in [-0.05, 0) is 11.0 Å². The molecule has 0 bridgehead atoms. The van der Waals surface area contributed by atoms with E-state index >= 15 is 0 Å². The molecule has 0 unspecified atom stereocenters. The highest BCUT2D eigenvalue weighted by molar-refractivity contribution is 6.00. The van der Waals surface area contributed by atoms with Gasteiger partial charge in [-0.2, -0.15) is 5.26 Å². The predicted octanol–water partition coefficient (Wildman–Crippen LogP) is 3.54. The number of rotatable bonds is 3. The summed E-state index contributed by atoms with van der Waals surface area (Å²) in [5.74, 6) is 0.546. The van der Waals surface area contributed by atoms with Gasteiger partial charge in [0.05, 0.1) is 25.5 Å². The normalized spacial score (nSPS) is 24.4. The highest BCUT2D eigenvalue weighted by Crippen LogP contribution is 2.48. The monoisotopic (exact) mass is 391 g/mol. The van der Waals surface area contributed by atoms with Gasteiger partial charge in [0.2, 0.25) is 5.88 Å². The molecule has 29 heavy (non-hydrogen) atoms. The van der Waals surface area contributed by atoms with E-state index in [4.69, 9.17) is 9.47 Å². The molecular weight excluding hydrogens is 366 g/mol. The lowest BCUT2D eigenvalue weighted by molar-refractivity contribution is -0.119. The van der Waals surface area contributed by atoms with Crippen LogP contribution < -0.4 is 0 Å². The van der Waals surface area contributed by atoms with E-state index in [0.29, 0.717) is 43.0 Å². The third-order valence-corrected chi connectivity index (χ3v) is 5.54. The van der Waals surface area contributed by atoms with Crippen LogP contribution in [0.15, 0.2) is 58.1 Å². The van der Waals surface area contributed by atoms with E-state index in [0.717, 1.165) is 18.7 Å². The van der Waals surface area contributed by atoms with Crippen LogP contribution in [0.5, 0.6) is 0 Å². The molecule has 1 atom stereocenters. The highest BCUT2D eigenvalue weighted by Gasteiger charge is 2.43. The molecule has 1 aromatic rings. The number of carbonyl (C=O) groups excluding carboxylic acids is 1. The first-order chi connectivity index (χ1) is 14.0. The van der Waals surface area contributed by atoms with Crippen molar-refractivity contribution in [1.29, 1.82) is 5.26 Å². The molecule has 3 aliphatic rings. The van der Waals surface area contributed by atoms with Crippen molar-refractivity contribution in [2.24, 2.45) is 10.4 Å². The Kier molecular flexibility index (Phi) is 5.25. The summed E-state index contributed by atoms with van der Waals surface area (Å²) in [6.07, 6.45) is 2.81. The fourth-order valence-electron chi connectivity index (χ4n) is 4.14. The first-order valence-corrected chi connectivity index (χ1v) is 9.98. The Balaban J connectivity index is 1.78. The van der Waals surface area contributed by atoms with Gasteiger partial charge in [0, 0.05) is 31.5 Å². The average molecular weight is 391 g/mol. The quantitative estimate of drug-likeness (QED) is 0.582. The van der Waals surface area contributed by atoms with E-state index in [1.165, 1.54) is 0 Å². The third kappa shape index (κ3) is 3.96. The fourth-order valence-corrected chi connectivity index (χ4v) is 4.14. The average Bonchev–Trinajstić information content (AvgIpc) is 2.71. The minimum Gasteiger partial charge on any atom is -0.442 e. The number of hydrogen-bond donors (Lipinski definition) is 0. The van der Waals surface area contributed by atoms with Crippen molar-refractivity contribution in [1.82, 2.24) is 4.90 Å². The molecule has 0 spiro atoms. The number of benzene rings is 1. The van der Waals surface area contributed by atoms with Crippen LogP contribution in [-0.4, -0.2) is 43.3 Å². The van der Waals surface area contributed by atoms with Crippen LogP contribution in [0.2, 0.25) is 0 Å². The maximum Gasteiger partial charge on any atom is 0.235 e. The molecule has 1 saturated heterocycles. The number of hydrogen-bond acceptors (Lipinski definition) is 5. The van der Waals surface area contributed by atoms with Crippen molar-refractivity contribution in [3.05, 3.63) is 58.7 Å². The number of aliphatic imine (C=N–C) groups is 1. The Labute approximate surface area is 171 Å². The van der Waals surface area contributed by atoms with Gasteiger partial charge in [-0.1, -0.05) is 44.2 Å². The Morgan fingerprint density at radius 3 is 2.62 bits per heavy atom. The molecule has 150 valence electrons. The van der Waals surface area contributed by atoms with Crippen LogP contribution in [-0.2, 0) is 14.3 Å². The van der Waals surface area contributed by atoms with Crippen LogP contribution in [0.1, 0.15) is 38.2 Å². The van der Waals surface area contributed by atoms with Gasteiger partial charge in [-0.15, -0.1) is 0 Å². The van der Waals surface area contributed by atoms with Crippen molar-refractivity contribution < 1.29 is 14.3 Å². The predicted molar refractivity (Wildman–Crippen MR) is 109 cm³/mol. The Morgan fingerprint density at radius 1 is 1.21 bits per heavy atom. The van der Waals surface area contributed by atoms with Crippen molar-refractivity contribution in [3.8, 4) is 6.07 Å². The van der Waals surface area contributed by atoms with E-state index in [-0.39, 0.29) is 17.1 Å². The number of carbonyl (C=O) groups is 1. The molecule has 2 aliphatic heterocycles. The van der Waals surface area contributed by atoms with Crippen molar-refractivity contribution in [3.63, 3.8) is 0 Å². The van der Waals surface area contributed by atoms with E-state index in [1.807, 2.05) is 35.2 Å². The van der Waals surface area contributed by atoms with Crippen molar-refractivity contribution in [2.45, 2.75) is 32.6 Å². The zero-order chi connectivity index (χ0) is 20.4. The second-order valence-corrected chi connectivity index (χ2v) is 8.45. The summed E-state index contributed by atoms with van der Waals surface area (Å²) >= 11 is 0. The Bertz CT molecular complexity index is 932. The lowest BCUT2D eigenvalue weighted by atomic mass is 9.70. The zero-order valence-electron chi connectivity index (χ0n) is 16.9. The molecule has 1 aromatic carbocycles. The summed E-state index contributed by atoms with van der Waals surface area (Å²) in [6, 6.07) is 12.0. The number of allylic oxidation sites excluding steroid dienone is 3. The van der Waals surface area contributed by atoms with Gasteiger partial charge in [0.25, 0.3) is 0 Å². The summed E-state index contributed by atoms with van der Waals surface area (Å²) < 4.78 is 11.5. The van der Waals surface area contributed by atoms with Crippen LogP contribution in [0.25, 0.3) is 0 Å². The van der Waals surface area contributed by atoms with E-state index in [2.05, 4.69) is 24.9 Å². The minimum atomic E-state index is -0.439.